The first-order valence-corrected chi connectivity index (χ1v) is 8.43. The molecule has 1 heterocycles. The van der Waals surface area contributed by atoms with Crippen LogP contribution in [0, 0.1) is 16.0 Å². The third-order valence-corrected chi connectivity index (χ3v) is 5.02. The number of β-amino-alcohol motifs (C(OH)–C–C–N with tert-alkyl or cyclic N) is 1. The van der Waals surface area contributed by atoms with E-state index in [9.17, 15) is 15.2 Å². The first kappa shape index (κ1) is 16.2. The summed E-state index contributed by atoms with van der Waals surface area (Å²) in [5.74, 6) is 1.23. The van der Waals surface area contributed by atoms with Crippen molar-refractivity contribution in [2.45, 2.75) is 44.2 Å². The molecule has 1 N–H and O–H groups in total. The third-order valence-electron chi connectivity index (χ3n) is 5.02. The van der Waals surface area contributed by atoms with Gasteiger partial charge in [-0.05, 0) is 44.2 Å². The SMILES string of the molecule is O=[N+]([O-])c1cccc(OCC(O)CN2CCCC2C2CCC2)c1. The zero-order chi connectivity index (χ0) is 16.2. The maximum Gasteiger partial charge on any atom is 0.273 e. The molecule has 2 unspecified atom stereocenters. The molecule has 1 aromatic carbocycles. The van der Waals surface area contributed by atoms with Crippen LogP contribution in [0.3, 0.4) is 0 Å². The summed E-state index contributed by atoms with van der Waals surface area (Å²) in [7, 11) is 0. The van der Waals surface area contributed by atoms with Gasteiger partial charge in [-0.25, -0.2) is 0 Å². The molecule has 2 atom stereocenters. The molecule has 1 saturated carbocycles. The fraction of sp³-hybridized carbons (Fsp3) is 0.647. The lowest BCUT2D eigenvalue weighted by molar-refractivity contribution is -0.384. The van der Waals surface area contributed by atoms with Crippen LogP contribution in [0.15, 0.2) is 24.3 Å². The lowest BCUT2D eigenvalue weighted by Gasteiger charge is -2.37. The fourth-order valence-electron chi connectivity index (χ4n) is 3.64. The summed E-state index contributed by atoms with van der Waals surface area (Å²) in [6.45, 7) is 1.83. The van der Waals surface area contributed by atoms with Crippen molar-refractivity contribution >= 4 is 5.69 Å². The number of hydrogen-bond donors (Lipinski definition) is 1. The van der Waals surface area contributed by atoms with Gasteiger partial charge in [0.1, 0.15) is 18.5 Å². The van der Waals surface area contributed by atoms with Crippen LogP contribution in [0.5, 0.6) is 5.75 Å². The van der Waals surface area contributed by atoms with Gasteiger partial charge < -0.3 is 9.84 Å². The molecule has 6 heteroatoms. The molecule has 1 aliphatic heterocycles. The quantitative estimate of drug-likeness (QED) is 0.617. The molecule has 2 fully saturated rings. The Morgan fingerprint density at radius 2 is 2.17 bits per heavy atom. The van der Waals surface area contributed by atoms with E-state index in [-0.39, 0.29) is 12.3 Å². The minimum Gasteiger partial charge on any atom is -0.491 e. The average Bonchev–Trinajstić information content (AvgIpc) is 2.91. The molecule has 0 bridgehead atoms. The van der Waals surface area contributed by atoms with Crippen LogP contribution in [-0.4, -0.2) is 46.8 Å². The summed E-state index contributed by atoms with van der Waals surface area (Å²) in [5, 5.41) is 21.0. The van der Waals surface area contributed by atoms with Gasteiger partial charge >= 0.3 is 0 Å². The van der Waals surface area contributed by atoms with Crippen LogP contribution in [-0.2, 0) is 0 Å². The fourth-order valence-corrected chi connectivity index (χ4v) is 3.64. The minimum absolute atomic E-state index is 0.00146. The van der Waals surface area contributed by atoms with Gasteiger partial charge in [-0.2, -0.15) is 0 Å². The standard InChI is InChI=1S/C17H24N2O4/c20-15(11-18-9-3-8-17(18)13-4-1-5-13)12-23-16-7-2-6-14(10-16)19(21)22/h2,6-7,10,13,15,17,20H,1,3-5,8-9,11-12H2. The molecule has 0 spiro atoms. The molecule has 126 valence electrons. The maximum atomic E-state index is 10.7. The molecule has 1 aliphatic carbocycles. The van der Waals surface area contributed by atoms with Crippen LogP contribution in [0.2, 0.25) is 0 Å². The van der Waals surface area contributed by atoms with Crippen LogP contribution in [0.1, 0.15) is 32.1 Å². The number of non-ortho nitro benzene ring substituents is 1. The smallest absolute Gasteiger partial charge is 0.273 e. The van der Waals surface area contributed by atoms with Crippen LogP contribution in [0.4, 0.5) is 5.69 Å². The first-order chi connectivity index (χ1) is 11.1. The Hall–Kier alpha value is -1.66. The molecule has 6 nitrogen and oxygen atoms in total. The molecule has 1 aromatic rings. The van der Waals surface area contributed by atoms with Crippen molar-refractivity contribution in [1.29, 1.82) is 0 Å². The number of nitro groups is 1. The molecule has 0 aromatic heterocycles. The summed E-state index contributed by atoms with van der Waals surface area (Å²) in [4.78, 5) is 12.7. The highest BCUT2D eigenvalue weighted by Gasteiger charge is 2.35. The van der Waals surface area contributed by atoms with Crippen LogP contribution >= 0.6 is 0 Å². The molecule has 1 saturated heterocycles. The van der Waals surface area contributed by atoms with Crippen molar-refractivity contribution in [3.63, 3.8) is 0 Å². The highest BCUT2D eigenvalue weighted by molar-refractivity contribution is 5.37. The number of nitro benzene ring substituents is 1. The van der Waals surface area contributed by atoms with Gasteiger partial charge in [0.15, 0.2) is 0 Å². The Balaban J connectivity index is 1.48. The van der Waals surface area contributed by atoms with E-state index in [1.54, 1.807) is 12.1 Å². The largest absolute Gasteiger partial charge is 0.491 e. The first-order valence-electron chi connectivity index (χ1n) is 8.43. The molecule has 0 radical (unpaired) electrons. The second-order valence-corrected chi connectivity index (χ2v) is 6.61. The van der Waals surface area contributed by atoms with E-state index in [1.165, 1.54) is 44.2 Å². The number of nitrogens with zero attached hydrogens (tertiary/aromatic N) is 2. The molecular formula is C17H24N2O4. The molecule has 0 amide bonds. The summed E-state index contributed by atoms with van der Waals surface area (Å²) >= 11 is 0. The van der Waals surface area contributed by atoms with Crippen molar-refractivity contribution < 1.29 is 14.8 Å². The number of benzene rings is 1. The highest BCUT2D eigenvalue weighted by atomic mass is 16.6. The van der Waals surface area contributed by atoms with Gasteiger partial charge in [-0.3, -0.25) is 15.0 Å². The maximum absolute atomic E-state index is 10.7. The van der Waals surface area contributed by atoms with Gasteiger partial charge in [-0.15, -0.1) is 0 Å². The monoisotopic (exact) mass is 320 g/mol. The Morgan fingerprint density at radius 1 is 1.35 bits per heavy atom. The van der Waals surface area contributed by atoms with E-state index in [2.05, 4.69) is 4.90 Å². The van der Waals surface area contributed by atoms with Crippen molar-refractivity contribution in [3.8, 4) is 5.75 Å². The Labute approximate surface area is 136 Å². The zero-order valence-corrected chi connectivity index (χ0v) is 13.3. The second kappa shape index (κ2) is 7.27. The summed E-state index contributed by atoms with van der Waals surface area (Å²) in [6, 6.07) is 6.70. The Bertz CT molecular complexity index is 547. The lowest BCUT2D eigenvalue weighted by atomic mass is 9.79. The van der Waals surface area contributed by atoms with Gasteiger partial charge in [0, 0.05) is 18.7 Å². The minimum atomic E-state index is -0.574. The highest BCUT2D eigenvalue weighted by Crippen LogP contribution is 2.37. The van der Waals surface area contributed by atoms with E-state index < -0.39 is 11.0 Å². The third kappa shape index (κ3) is 4.00. The van der Waals surface area contributed by atoms with E-state index in [4.69, 9.17) is 4.74 Å². The number of aliphatic hydroxyl groups excluding tert-OH is 1. The number of likely N-dealkylation sites (tertiary alicyclic amines) is 1. The molecular weight excluding hydrogens is 296 g/mol. The van der Waals surface area contributed by atoms with Crippen molar-refractivity contribution in [3.05, 3.63) is 34.4 Å². The van der Waals surface area contributed by atoms with E-state index >= 15 is 0 Å². The Kier molecular flexibility index (Phi) is 5.13. The molecule has 2 aliphatic rings. The van der Waals surface area contributed by atoms with Gasteiger partial charge in [0.05, 0.1) is 11.0 Å². The van der Waals surface area contributed by atoms with Crippen LogP contribution in [0.25, 0.3) is 0 Å². The summed E-state index contributed by atoms with van der Waals surface area (Å²) in [5.41, 5.74) is 0.00146. The van der Waals surface area contributed by atoms with Crippen molar-refractivity contribution in [2.24, 2.45) is 5.92 Å². The predicted molar refractivity (Wildman–Crippen MR) is 86.5 cm³/mol. The van der Waals surface area contributed by atoms with E-state index in [1.807, 2.05) is 0 Å². The van der Waals surface area contributed by atoms with Gasteiger partial charge in [-0.1, -0.05) is 12.5 Å². The van der Waals surface area contributed by atoms with E-state index in [0.717, 1.165) is 12.5 Å². The topological polar surface area (TPSA) is 75.8 Å². The molecule has 3 rings (SSSR count). The number of aliphatic hydroxyl groups is 1. The summed E-state index contributed by atoms with van der Waals surface area (Å²) in [6.07, 6.45) is 5.86. The predicted octanol–water partition coefficient (Wildman–Crippen LogP) is 2.60. The summed E-state index contributed by atoms with van der Waals surface area (Å²) < 4.78 is 5.52. The number of hydrogen-bond acceptors (Lipinski definition) is 5. The van der Waals surface area contributed by atoms with Crippen molar-refractivity contribution in [2.75, 3.05) is 19.7 Å². The van der Waals surface area contributed by atoms with Crippen LogP contribution < -0.4 is 4.74 Å². The number of ether oxygens (including phenoxy) is 1. The van der Waals surface area contributed by atoms with Gasteiger partial charge in [0.2, 0.25) is 0 Å². The normalized spacial score (nSPS) is 23.4. The number of rotatable bonds is 7. The Morgan fingerprint density at radius 3 is 2.87 bits per heavy atom. The van der Waals surface area contributed by atoms with E-state index in [0.29, 0.717) is 18.3 Å². The lowest BCUT2D eigenvalue weighted by Crippen LogP contribution is -2.43. The van der Waals surface area contributed by atoms with Crippen molar-refractivity contribution in [1.82, 2.24) is 4.90 Å². The zero-order valence-electron chi connectivity index (χ0n) is 13.3. The second-order valence-electron chi connectivity index (χ2n) is 6.61. The molecule has 23 heavy (non-hydrogen) atoms. The average molecular weight is 320 g/mol. The van der Waals surface area contributed by atoms with Gasteiger partial charge in [0.25, 0.3) is 5.69 Å².